The summed E-state index contributed by atoms with van der Waals surface area (Å²) in [5, 5.41) is 0.282. The number of thiophene rings is 1. The normalized spacial score (nSPS) is 10.3. The number of halogens is 2. The van der Waals surface area contributed by atoms with Crippen LogP contribution in [0.4, 0.5) is 5.69 Å². The van der Waals surface area contributed by atoms with E-state index in [-0.39, 0.29) is 17.2 Å². The van der Waals surface area contributed by atoms with Crippen molar-refractivity contribution in [1.82, 2.24) is 0 Å². The lowest BCUT2D eigenvalue weighted by Gasteiger charge is -2.07. The second kappa shape index (κ2) is 5.61. The SMILES string of the molecule is Nc1cccc(Cl)c1C(=O)OCc1ccc(Cl)s1. The van der Waals surface area contributed by atoms with Gasteiger partial charge in [0.15, 0.2) is 0 Å². The van der Waals surface area contributed by atoms with Crippen LogP contribution in [0.25, 0.3) is 0 Å². The Balaban J connectivity index is 2.08. The average molecular weight is 302 g/mol. The zero-order valence-electron chi connectivity index (χ0n) is 9.15. The molecule has 2 N–H and O–H groups in total. The second-order valence-electron chi connectivity index (χ2n) is 3.49. The van der Waals surface area contributed by atoms with Crippen LogP contribution < -0.4 is 5.73 Å². The van der Waals surface area contributed by atoms with Crippen molar-refractivity contribution >= 4 is 46.2 Å². The number of carbonyl (C=O) groups is 1. The van der Waals surface area contributed by atoms with Gasteiger partial charge in [-0.15, -0.1) is 11.3 Å². The van der Waals surface area contributed by atoms with Crippen LogP contribution in [0.5, 0.6) is 0 Å². The third-order valence-corrected chi connectivity index (χ3v) is 3.74. The van der Waals surface area contributed by atoms with Crippen LogP contribution >= 0.6 is 34.5 Å². The van der Waals surface area contributed by atoms with Crippen molar-refractivity contribution < 1.29 is 9.53 Å². The van der Waals surface area contributed by atoms with Gasteiger partial charge in [0, 0.05) is 10.6 Å². The lowest BCUT2D eigenvalue weighted by molar-refractivity contribution is 0.0478. The first-order valence-electron chi connectivity index (χ1n) is 5.03. The number of benzene rings is 1. The number of nitrogens with two attached hydrogens (primary N) is 1. The lowest BCUT2D eigenvalue weighted by Crippen LogP contribution is -2.08. The smallest absolute Gasteiger partial charge is 0.342 e. The Hall–Kier alpha value is -1.23. The van der Waals surface area contributed by atoms with Gasteiger partial charge in [0.05, 0.1) is 9.36 Å². The predicted octanol–water partition coefficient (Wildman–Crippen LogP) is 3.99. The van der Waals surface area contributed by atoms with Crippen LogP contribution in [0.3, 0.4) is 0 Å². The average Bonchev–Trinajstić information content (AvgIpc) is 2.72. The fraction of sp³-hybridized carbons (Fsp3) is 0.0833. The number of carbonyl (C=O) groups excluding carboxylic acids is 1. The first-order chi connectivity index (χ1) is 8.58. The van der Waals surface area contributed by atoms with Gasteiger partial charge in [-0.25, -0.2) is 4.79 Å². The van der Waals surface area contributed by atoms with Crippen molar-refractivity contribution in [2.24, 2.45) is 0 Å². The van der Waals surface area contributed by atoms with Gasteiger partial charge in [0.1, 0.15) is 12.2 Å². The molecule has 0 fully saturated rings. The molecule has 0 saturated heterocycles. The molecule has 6 heteroatoms. The summed E-state index contributed by atoms with van der Waals surface area (Å²) in [7, 11) is 0. The summed E-state index contributed by atoms with van der Waals surface area (Å²) in [5.74, 6) is -0.539. The van der Waals surface area contributed by atoms with Crippen molar-refractivity contribution in [1.29, 1.82) is 0 Å². The molecule has 18 heavy (non-hydrogen) atoms. The van der Waals surface area contributed by atoms with Gasteiger partial charge in [-0.05, 0) is 24.3 Å². The Morgan fingerprint density at radius 1 is 1.28 bits per heavy atom. The van der Waals surface area contributed by atoms with Crippen LogP contribution in [0, 0.1) is 0 Å². The van der Waals surface area contributed by atoms with E-state index in [0.29, 0.717) is 10.0 Å². The number of ether oxygens (including phenoxy) is 1. The number of hydrogen-bond acceptors (Lipinski definition) is 4. The zero-order valence-corrected chi connectivity index (χ0v) is 11.5. The van der Waals surface area contributed by atoms with Gasteiger partial charge in [-0.1, -0.05) is 29.3 Å². The van der Waals surface area contributed by atoms with Gasteiger partial charge in [-0.3, -0.25) is 0 Å². The van der Waals surface area contributed by atoms with Crippen molar-refractivity contribution in [3.05, 3.63) is 50.1 Å². The number of nitrogen functional groups attached to an aromatic ring is 1. The van der Waals surface area contributed by atoms with E-state index < -0.39 is 5.97 Å². The summed E-state index contributed by atoms with van der Waals surface area (Å²) in [6.45, 7) is 0.154. The molecular weight excluding hydrogens is 293 g/mol. The van der Waals surface area contributed by atoms with Gasteiger partial charge in [0.25, 0.3) is 0 Å². The Labute approximate surface area is 118 Å². The Morgan fingerprint density at radius 3 is 2.67 bits per heavy atom. The first kappa shape index (κ1) is 13.2. The Kier molecular flexibility index (Phi) is 4.11. The van der Waals surface area contributed by atoms with E-state index in [9.17, 15) is 4.79 Å². The fourth-order valence-corrected chi connectivity index (χ4v) is 2.65. The molecule has 1 heterocycles. The monoisotopic (exact) mass is 301 g/mol. The van der Waals surface area contributed by atoms with Crippen LogP contribution in [0.2, 0.25) is 9.36 Å². The molecule has 94 valence electrons. The molecule has 3 nitrogen and oxygen atoms in total. The highest BCUT2D eigenvalue weighted by molar-refractivity contribution is 7.16. The van der Waals surface area contributed by atoms with Gasteiger partial charge >= 0.3 is 5.97 Å². The minimum atomic E-state index is -0.539. The quantitative estimate of drug-likeness (QED) is 0.689. The molecule has 0 aliphatic carbocycles. The summed E-state index contributed by atoms with van der Waals surface area (Å²) in [6, 6.07) is 8.42. The fourth-order valence-electron chi connectivity index (χ4n) is 1.39. The molecule has 1 aromatic heterocycles. The van der Waals surface area contributed by atoms with Crippen molar-refractivity contribution in [3.63, 3.8) is 0 Å². The zero-order chi connectivity index (χ0) is 13.1. The number of hydrogen-bond donors (Lipinski definition) is 1. The molecule has 0 bridgehead atoms. The van der Waals surface area contributed by atoms with E-state index in [1.165, 1.54) is 11.3 Å². The van der Waals surface area contributed by atoms with E-state index >= 15 is 0 Å². The molecule has 0 aliphatic rings. The molecule has 1 aromatic carbocycles. The molecule has 2 aromatic rings. The highest BCUT2D eigenvalue weighted by Crippen LogP contribution is 2.25. The predicted molar refractivity (Wildman–Crippen MR) is 74.3 cm³/mol. The Morgan fingerprint density at radius 2 is 2.06 bits per heavy atom. The number of anilines is 1. The van der Waals surface area contributed by atoms with Crippen LogP contribution in [0.1, 0.15) is 15.2 Å². The number of rotatable bonds is 3. The third kappa shape index (κ3) is 2.96. The summed E-state index contributed by atoms with van der Waals surface area (Å²) in [4.78, 5) is 12.7. The third-order valence-electron chi connectivity index (χ3n) is 2.22. The summed E-state index contributed by atoms with van der Waals surface area (Å²) in [5.41, 5.74) is 6.19. The standard InChI is InChI=1S/C12H9Cl2NO2S/c13-8-2-1-3-9(15)11(8)12(16)17-6-7-4-5-10(14)18-7/h1-5H,6,15H2. The highest BCUT2D eigenvalue weighted by Gasteiger charge is 2.15. The number of esters is 1. The molecular formula is C12H9Cl2NO2S. The van der Waals surface area contributed by atoms with E-state index in [1.807, 2.05) is 0 Å². The first-order valence-corrected chi connectivity index (χ1v) is 6.60. The van der Waals surface area contributed by atoms with Crippen molar-refractivity contribution in [3.8, 4) is 0 Å². The van der Waals surface area contributed by atoms with Crippen molar-refractivity contribution in [2.45, 2.75) is 6.61 Å². The van der Waals surface area contributed by atoms with Crippen LogP contribution in [0.15, 0.2) is 30.3 Å². The minimum Gasteiger partial charge on any atom is -0.456 e. The molecule has 0 amide bonds. The van der Waals surface area contributed by atoms with E-state index in [0.717, 1.165) is 4.88 Å². The second-order valence-corrected chi connectivity index (χ2v) is 5.69. The summed E-state index contributed by atoms with van der Waals surface area (Å²) in [6.07, 6.45) is 0. The molecule has 0 unspecified atom stereocenters. The molecule has 0 saturated carbocycles. The minimum absolute atomic E-state index is 0.154. The van der Waals surface area contributed by atoms with Gasteiger partial charge < -0.3 is 10.5 Å². The van der Waals surface area contributed by atoms with Crippen LogP contribution in [-0.4, -0.2) is 5.97 Å². The van der Waals surface area contributed by atoms with Gasteiger partial charge in [0.2, 0.25) is 0 Å². The van der Waals surface area contributed by atoms with Gasteiger partial charge in [-0.2, -0.15) is 0 Å². The summed E-state index contributed by atoms with van der Waals surface area (Å²) < 4.78 is 5.79. The maximum atomic E-state index is 11.9. The molecule has 0 spiro atoms. The maximum absolute atomic E-state index is 11.9. The largest absolute Gasteiger partial charge is 0.456 e. The van der Waals surface area contributed by atoms with E-state index in [1.54, 1.807) is 30.3 Å². The van der Waals surface area contributed by atoms with E-state index in [2.05, 4.69) is 0 Å². The van der Waals surface area contributed by atoms with Crippen molar-refractivity contribution in [2.75, 3.05) is 5.73 Å². The molecule has 0 atom stereocenters. The van der Waals surface area contributed by atoms with Crippen LogP contribution in [-0.2, 0) is 11.3 Å². The molecule has 0 aliphatic heterocycles. The summed E-state index contributed by atoms with van der Waals surface area (Å²) >= 11 is 13.0. The topological polar surface area (TPSA) is 52.3 Å². The molecule has 2 rings (SSSR count). The van der Waals surface area contributed by atoms with E-state index in [4.69, 9.17) is 33.7 Å². The molecule has 0 radical (unpaired) electrons. The maximum Gasteiger partial charge on any atom is 0.342 e. The highest BCUT2D eigenvalue weighted by atomic mass is 35.5. The Bertz CT molecular complexity index is 563. The lowest BCUT2D eigenvalue weighted by atomic mass is 10.2.